The number of furan rings is 1. The molecule has 3 rings (SSSR count). The van der Waals surface area contributed by atoms with Crippen LogP contribution in [0, 0.1) is 11.3 Å². The van der Waals surface area contributed by atoms with E-state index in [0.717, 1.165) is 23.5 Å². The number of imide groups is 1. The van der Waals surface area contributed by atoms with Crippen molar-refractivity contribution in [2.45, 2.75) is 71.4 Å². The van der Waals surface area contributed by atoms with Crippen molar-refractivity contribution in [2.75, 3.05) is 6.54 Å². The number of nitrogens with one attached hydrogen (secondary N) is 2. The van der Waals surface area contributed by atoms with E-state index in [-0.39, 0.29) is 29.8 Å². The summed E-state index contributed by atoms with van der Waals surface area (Å²) >= 11 is 0. The zero-order valence-electron chi connectivity index (χ0n) is 17.2. The van der Waals surface area contributed by atoms with E-state index >= 15 is 0 Å². The molecular weight excluding hydrogens is 358 g/mol. The van der Waals surface area contributed by atoms with Crippen molar-refractivity contribution < 1.29 is 18.8 Å². The van der Waals surface area contributed by atoms with Gasteiger partial charge in [0.2, 0.25) is 5.91 Å². The summed E-state index contributed by atoms with van der Waals surface area (Å²) in [5.41, 5.74) is -0.643. The Morgan fingerprint density at radius 2 is 2.04 bits per heavy atom. The molecule has 1 saturated carbocycles. The standard InChI is InChI=1S/C21H31N3O4/c1-14(12-16-6-5-11-28-16)22-17(25)13-24-18(26)21(23-19(24)27)9-7-15(8-10-21)20(2,3)4/h5-6,11,14-15H,7-10,12-13H2,1-4H3,(H,22,25)(H,23,27). The van der Waals surface area contributed by atoms with Crippen LogP contribution < -0.4 is 10.6 Å². The van der Waals surface area contributed by atoms with Crippen molar-refractivity contribution in [1.29, 1.82) is 0 Å². The number of rotatable bonds is 5. The fourth-order valence-electron chi connectivity index (χ4n) is 4.38. The molecule has 2 heterocycles. The van der Waals surface area contributed by atoms with Gasteiger partial charge in [-0.05, 0) is 56.1 Å². The molecule has 1 saturated heterocycles. The Morgan fingerprint density at radius 3 is 2.61 bits per heavy atom. The van der Waals surface area contributed by atoms with Crippen molar-refractivity contribution in [3.05, 3.63) is 24.2 Å². The summed E-state index contributed by atoms with van der Waals surface area (Å²) in [5, 5.41) is 5.71. The SMILES string of the molecule is CC(Cc1ccco1)NC(=O)CN1C(=O)NC2(CCC(C(C)(C)C)CC2)C1=O. The summed E-state index contributed by atoms with van der Waals surface area (Å²) in [5.74, 6) is 0.696. The van der Waals surface area contributed by atoms with Crippen LogP contribution >= 0.6 is 0 Å². The molecule has 1 aromatic heterocycles. The molecular formula is C21H31N3O4. The molecule has 0 bridgehead atoms. The molecule has 1 aliphatic carbocycles. The van der Waals surface area contributed by atoms with E-state index in [9.17, 15) is 14.4 Å². The lowest BCUT2D eigenvalue weighted by Crippen LogP contribution is -2.51. The Bertz CT molecular complexity index is 727. The largest absolute Gasteiger partial charge is 0.469 e. The number of carbonyl (C=O) groups excluding carboxylic acids is 3. The highest BCUT2D eigenvalue weighted by atomic mass is 16.3. The molecule has 2 N–H and O–H groups in total. The number of amides is 4. The van der Waals surface area contributed by atoms with Crippen LogP contribution in [0.2, 0.25) is 0 Å². The second-order valence-electron chi connectivity index (χ2n) is 9.30. The molecule has 0 aromatic carbocycles. The molecule has 1 aromatic rings. The summed E-state index contributed by atoms with van der Waals surface area (Å²) in [4.78, 5) is 38.8. The number of hydrogen-bond acceptors (Lipinski definition) is 4. The number of urea groups is 1. The molecule has 1 unspecified atom stereocenters. The molecule has 0 radical (unpaired) electrons. The third-order valence-corrected chi connectivity index (χ3v) is 6.11. The molecule has 4 amide bonds. The highest BCUT2D eigenvalue weighted by molar-refractivity contribution is 6.09. The molecule has 7 nitrogen and oxygen atoms in total. The Hall–Kier alpha value is -2.31. The van der Waals surface area contributed by atoms with E-state index < -0.39 is 11.6 Å². The van der Waals surface area contributed by atoms with Gasteiger partial charge in [-0.15, -0.1) is 0 Å². The van der Waals surface area contributed by atoms with Gasteiger partial charge in [-0.25, -0.2) is 4.79 Å². The van der Waals surface area contributed by atoms with Crippen LogP contribution in [-0.2, 0) is 16.0 Å². The van der Waals surface area contributed by atoms with Gasteiger partial charge in [0, 0.05) is 12.5 Å². The first kappa shape index (κ1) is 20.4. The first-order chi connectivity index (χ1) is 13.1. The van der Waals surface area contributed by atoms with Gasteiger partial charge in [0.15, 0.2) is 0 Å². The smallest absolute Gasteiger partial charge is 0.325 e. The number of carbonyl (C=O) groups is 3. The van der Waals surface area contributed by atoms with Crippen LogP contribution in [0.25, 0.3) is 0 Å². The lowest BCUT2D eigenvalue weighted by Gasteiger charge is -2.40. The maximum atomic E-state index is 13.0. The highest BCUT2D eigenvalue weighted by Gasteiger charge is 2.53. The average molecular weight is 389 g/mol. The van der Waals surface area contributed by atoms with E-state index in [2.05, 4.69) is 31.4 Å². The van der Waals surface area contributed by atoms with Crippen LogP contribution in [-0.4, -0.2) is 40.9 Å². The molecule has 2 aliphatic rings. The quantitative estimate of drug-likeness (QED) is 0.758. The third-order valence-electron chi connectivity index (χ3n) is 6.11. The summed E-state index contributed by atoms with van der Waals surface area (Å²) in [6.45, 7) is 8.25. The Kier molecular flexibility index (Phi) is 5.55. The van der Waals surface area contributed by atoms with Gasteiger partial charge in [-0.1, -0.05) is 20.8 Å². The molecule has 1 atom stereocenters. The Balaban J connectivity index is 1.56. The van der Waals surface area contributed by atoms with Gasteiger partial charge in [-0.3, -0.25) is 14.5 Å². The van der Waals surface area contributed by atoms with E-state index in [1.165, 1.54) is 0 Å². The molecule has 1 spiro atoms. The Morgan fingerprint density at radius 1 is 1.36 bits per heavy atom. The van der Waals surface area contributed by atoms with Crippen LogP contribution in [0.1, 0.15) is 59.1 Å². The minimum atomic E-state index is -0.834. The predicted octanol–water partition coefficient (Wildman–Crippen LogP) is 2.85. The van der Waals surface area contributed by atoms with Crippen molar-refractivity contribution in [2.24, 2.45) is 11.3 Å². The van der Waals surface area contributed by atoms with E-state index in [4.69, 9.17) is 4.42 Å². The zero-order valence-corrected chi connectivity index (χ0v) is 17.2. The first-order valence-corrected chi connectivity index (χ1v) is 10.1. The van der Waals surface area contributed by atoms with Crippen LogP contribution in [0.15, 0.2) is 22.8 Å². The molecule has 28 heavy (non-hydrogen) atoms. The zero-order chi connectivity index (χ0) is 20.5. The molecule has 1 aliphatic heterocycles. The third kappa shape index (κ3) is 4.23. The number of nitrogens with zero attached hydrogens (tertiary/aromatic N) is 1. The molecule has 7 heteroatoms. The van der Waals surface area contributed by atoms with Gasteiger partial charge in [0.1, 0.15) is 17.8 Å². The normalized spacial score (nSPS) is 26.4. The summed E-state index contributed by atoms with van der Waals surface area (Å²) < 4.78 is 5.28. The average Bonchev–Trinajstić information content (AvgIpc) is 3.17. The Labute approximate surface area is 166 Å². The van der Waals surface area contributed by atoms with Crippen LogP contribution in [0.3, 0.4) is 0 Å². The fourth-order valence-corrected chi connectivity index (χ4v) is 4.38. The van der Waals surface area contributed by atoms with Crippen LogP contribution in [0.5, 0.6) is 0 Å². The van der Waals surface area contributed by atoms with E-state index in [0.29, 0.717) is 25.2 Å². The van der Waals surface area contributed by atoms with Gasteiger partial charge >= 0.3 is 6.03 Å². The maximum Gasteiger partial charge on any atom is 0.325 e. The lowest BCUT2D eigenvalue weighted by molar-refractivity contribution is -0.136. The monoisotopic (exact) mass is 389 g/mol. The van der Waals surface area contributed by atoms with E-state index in [1.807, 2.05) is 13.0 Å². The van der Waals surface area contributed by atoms with Gasteiger partial charge in [0.25, 0.3) is 5.91 Å². The number of hydrogen-bond donors (Lipinski definition) is 2. The predicted molar refractivity (Wildman–Crippen MR) is 104 cm³/mol. The van der Waals surface area contributed by atoms with Gasteiger partial charge in [-0.2, -0.15) is 0 Å². The van der Waals surface area contributed by atoms with Crippen molar-refractivity contribution in [1.82, 2.24) is 15.5 Å². The molecule has 154 valence electrons. The van der Waals surface area contributed by atoms with Gasteiger partial charge in [0.05, 0.1) is 6.26 Å². The van der Waals surface area contributed by atoms with Gasteiger partial charge < -0.3 is 15.1 Å². The highest BCUT2D eigenvalue weighted by Crippen LogP contribution is 2.43. The van der Waals surface area contributed by atoms with Crippen molar-refractivity contribution in [3.8, 4) is 0 Å². The fraction of sp³-hybridized carbons (Fsp3) is 0.667. The minimum Gasteiger partial charge on any atom is -0.469 e. The van der Waals surface area contributed by atoms with Crippen molar-refractivity contribution in [3.63, 3.8) is 0 Å². The summed E-state index contributed by atoms with van der Waals surface area (Å²) in [6, 6.07) is 3.02. The topological polar surface area (TPSA) is 91.7 Å². The lowest BCUT2D eigenvalue weighted by atomic mass is 9.67. The summed E-state index contributed by atoms with van der Waals surface area (Å²) in [6.07, 6.45) is 5.20. The second-order valence-corrected chi connectivity index (χ2v) is 9.30. The first-order valence-electron chi connectivity index (χ1n) is 10.1. The van der Waals surface area contributed by atoms with Crippen LogP contribution in [0.4, 0.5) is 4.79 Å². The minimum absolute atomic E-state index is 0.157. The summed E-state index contributed by atoms with van der Waals surface area (Å²) in [7, 11) is 0. The second kappa shape index (κ2) is 7.60. The maximum absolute atomic E-state index is 13.0. The van der Waals surface area contributed by atoms with Crippen molar-refractivity contribution >= 4 is 17.8 Å². The van der Waals surface area contributed by atoms with E-state index in [1.54, 1.807) is 12.3 Å². The molecule has 2 fully saturated rings.